The first kappa shape index (κ1) is 24.8. The quantitative estimate of drug-likeness (QED) is 0.177. The van der Waals surface area contributed by atoms with Crippen LogP contribution in [0.4, 0.5) is 20.2 Å². The van der Waals surface area contributed by atoms with Crippen molar-refractivity contribution >= 4 is 51.1 Å². The van der Waals surface area contributed by atoms with E-state index in [2.05, 4.69) is 21.2 Å². The summed E-state index contributed by atoms with van der Waals surface area (Å²) in [4.78, 5) is 12.3. The summed E-state index contributed by atoms with van der Waals surface area (Å²) in [6, 6.07) is 15.8. The van der Waals surface area contributed by atoms with Gasteiger partial charge in [0, 0.05) is 34.0 Å². The van der Waals surface area contributed by atoms with E-state index in [-0.39, 0.29) is 16.6 Å². The van der Waals surface area contributed by atoms with Gasteiger partial charge in [-0.25, -0.2) is 13.6 Å². The van der Waals surface area contributed by atoms with Gasteiger partial charge in [0.25, 0.3) is 0 Å². The van der Waals surface area contributed by atoms with Gasteiger partial charge in [-0.15, -0.1) is 11.8 Å². The van der Waals surface area contributed by atoms with Gasteiger partial charge in [0.2, 0.25) is 0 Å². The van der Waals surface area contributed by atoms with Crippen molar-refractivity contribution in [3.8, 4) is 5.75 Å². The summed E-state index contributed by atoms with van der Waals surface area (Å²) in [5, 5.41) is 3.02. The normalized spacial score (nSPS) is 10.9. The number of anilines is 2. The minimum Gasteiger partial charge on any atom is -0.495 e. The first-order valence-electron chi connectivity index (χ1n) is 10.1. The second-order valence-electron chi connectivity index (χ2n) is 6.79. The molecule has 33 heavy (non-hydrogen) atoms. The van der Waals surface area contributed by atoms with Crippen LogP contribution in [-0.4, -0.2) is 19.7 Å². The molecule has 0 unspecified atom stereocenters. The Bertz CT molecular complexity index is 1160. The number of hydrogen-bond acceptors (Lipinski definition) is 5. The average molecular weight is 534 g/mol. The van der Waals surface area contributed by atoms with Crippen molar-refractivity contribution < 1.29 is 23.0 Å². The van der Waals surface area contributed by atoms with Gasteiger partial charge in [0.05, 0.1) is 23.9 Å². The molecule has 0 aromatic heterocycles. The summed E-state index contributed by atoms with van der Waals surface area (Å²) in [5.74, 6) is -0.642. The van der Waals surface area contributed by atoms with Crippen molar-refractivity contribution in [2.75, 3.05) is 19.0 Å². The van der Waals surface area contributed by atoms with E-state index in [1.54, 1.807) is 19.1 Å². The molecule has 0 saturated carbocycles. The Morgan fingerprint density at radius 2 is 1.88 bits per heavy atom. The van der Waals surface area contributed by atoms with E-state index in [1.165, 1.54) is 37.1 Å². The van der Waals surface area contributed by atoms with Crippen LogP contribution in [0.2, 0.25) is 0 Å². The Balaban J connectivity index is 1.97. The van der Waals surface area contributed by atoms with Crippen LogP contribution in [0.5, 0.6) is 5.75 Å². The second-order valence-corrected chi connectivity index (χ2v) is 8.66. The van der Waals surface area contributed by atoms with E-state index in [4.69, 9.17) is 9.47 Å². The minimum atomic E-state index is -0.586. The highest BCUT2D eigenvalue weighted by Crippen LogP contribution is 2.37. The number of carbonyl (C=O) groups excluding carboxylic acids is 1. The first-order valence-corrected chi connectivity index (χ1v) is 11.8. The van der Waals surface area contributed by atoms with Crippen LogP contribution in [0.25, 0.3) is 6.08 Å². The Kier molecular flexibility index (Phi) is 8.91. The van der Waals surface area contributed by atoms with Gasteiger partial charge in [-0.05, 0) is 52.7 Å². The van der Waals surface area contributed by atoms with Crippen LogP contribution in [0.3, 0.4) is 0 Å². The van der Waals surface area contributed by atoms with Crippen molar-refractivity contribution in [2.24, 2.45) is 0 Å². The number of carbonyl (C=O) groups is 1. The number of hydrogen-bond donors (Lipinski definition) is 1. The monoisotopic (exact) mass is 533 g/mol. The van der Waals surface area contributed by atoms with Crippen molar-refractivity contribution in [1.29, 1.82) is 0 Å². The van der Waals surface area contributed by atoms with Crippen LogP contribution in [0, 0.1) is 11.6 Å². The zero-order valence-electron chi connectivity index (χ0n) is 18.0. The van der Waals surface area contributed by atoms with Crippen molar-refractivity contribution in [1.82, 2.24) is 0 Å². The van der Waals surface area contributed by atoms with Crippen molar-refractivity contribution in [3.63, 3.8) is 0 Å². The highest BCUT2D eigenvalue weighted by Gasteiger charge is 2.16. The summed E-state index contributed by atoms with van der Waals surface area (Å²) < 4.78 is 40.1. The average Bonchev–Trinajstić information content (AvgIpc) is 2.81. The molecule has 1 N–H and O–H groups in total. The lowest BCUT2D eigenvalue weighted by Gasteiger charge is -2.16. The molecule has 0 aliphatic rings. The lowest BCUT2D eigenvalue weighted by molar-refractivity contribution is -0.137. The van der Waals surface area contributed by atoms with Gasteiger partial charge in [-0.1, -0.05) is 30.3 Å². The second kappa shape index (κ2) is 11.9. The molecule has 0 saturated heterocycles. The molecular weight excluding hydrogens is 512 g/mol. The third-order valence-electron chi connectivity index (χ3n) is 4.57. The molecule has 0 spiro atoms. The molecule has 0 fully saturated rings. The zero-order chi connectivity index (χ0) is 23.8. The molecular formula is C25H22BrF2NO3S. The van der Waals surface area contributed by atoms with E-state index in [0.29, 0.717) is 27.8 Å². The molecule has 0 atom stereocenters. The van der Waals surface area contributed by atoms with Gasteiger partial charge in [0.1, 0.15) is 17.4 Å². The molecule has 0 aliphatic heterocycles. The van der Waals surface area contributed by atoms with E-state index in [0.717, 1.165) is 11.6 Å². The fraction of sp³-hybridized carbons (Fsp3) is 0.160. The highest BCUT2D eigenvalue weighted by molar-refractivity contribution is 9.10. The Labute approximate surface area is 204 Å². The largest absolute Gasteiger partial charge is 0.495 e. The lowest BCUT2D eigenvalue weighted by Crippen LogP contribution is -2.02. The predicted molar refractivity (Wildman–Crippen MR) is 132 cm³/mol. The van der Waals surface area contributed by atoms with Crippen LogP contribution in [-0.2, 0) is 15.3 Å². The van der Waals surface area contributed by atoms with Crippen LogP contribution in [0.15, 0.2) is 70.0 Å². The summed E-state index contributed by atoms with van der Waals surface area (Å²) in [6.07, 6.45) is 2.52. The molecule has 0 amide bonds. The van der Waals surface area contributed by atoms with E-state index in [1.807, 2.05) is 30.3 Å². The number of ether oxygens (including phenoxy) is 2. The van der Waals surface area contributed by atoms with Gasteiger partial charge in [-0.3, -0.25) is 0 Å². The molecule has 3 rings (SSSR count). The summed E-state index contributed by atoms with van der Waals surface area (Å²) in [5.41, 5.74) is 1.86. The smallest absolute Gasteiger partial charge is 0.330 e. The maximum atomic E-state index is 15.5. The number of halogens is 3. The summed E-state index contributed by atoms with van der Waals surface area (Å²) >= 11 is 4.47. The molecule has 8 heteroatoms. The summed E-state index contributed by atoms with van der Waals surface area (Å²) in [7, 11) is 1.45. The van der Waals surface area contributed by atoms with Crippen LogP contribution in [0.1, 0.15) is 18.1 Å². The standard InChI is InChI=1S/C25H22BrF2NO3S/c1-3-32-24(30)12-9-17-20(29-21-14-19(27)18(26)13-22(21)31-2)10-11-23(25(17)28)33-15-16-7-5-4-6-8-16/h4-14,29H,3,15H2,1-2H3/b12-9+. The maximum absolute atomic E-state index is 15.5. The van der Waals surface area contributed by atoms with E-state index >= 15 is 4.39 Å². The number of thioether (sulfide) groups is 1. The van der Waals surface area contributed by atoms with Crippen molar-refractivity contribution in [3.05, 3.63) is 87.9 Å². The van der Waals surface area contributed by atoms with Gasteiger partial charge < -0.3 is 14.8 Å². The fourth-order valence-corrected chi connectivity index (χ4v) is 4.21. The Morgan fingerprint density at radius 1 is 1.12 bits per heavy atom. The van der Waals surface area contributed by atoms with Gasteiger partial charge >= 0.3 is 5.97 Å². The molecule has 172 valence electrons. The Hall–Kier alpha value is -2.84. The Morgan fingerprint density at radius 3 is 2.58 bits per heavy atom. The summed E-state index contributed by atoms with van der Waals surface area (Å²) in [6.45, 7) is 1.90. The molecule has 0 aliphatic carbocycles. The topological polar surface area (TPSA) is 47.6 Å². The predicted octanol–water partition coefficient (Wildman–Crippen LogP) is 7.35. The SMILES string of the molecule is CCOC(=O)/C=C/c1c(Nc2cc(F)c(Br)cc2OC)ccc(SCc2ccccc2)c1F. The minimum absolute atomic E-state index is 0.145. The number of nitrogens with one attached hydrogen (secondary N) is 1. The van der Waals surface area contributed by atoms with Crippen molar-refractivity contribution in [2.45, 2.75) is 17.6 Å². The molecule has 3 aromatic carbocycles. The third kappa shape index (κ3) is 6.58. The fourth-order valence-electron chi connectivity index (χ4n) is 2.97. The molecule has 0 heterocycles. The van der Waals surface area contributed by atoms with Gasteiger partial charge in [-0.2, -0.15) is 0 Å². The molecule has 3 aromatic rings. The molecule has 0 radical (unpaired) electrons. The molecule has 4 nitrogen and oxygen atoms in total. The third-order valence-corrected chi connectivity index (χ3v) is 6.28. The van der Waals surface area contributed by atoms with E-state index in [9.17, 15) is 9.18 Å². The maximum Gasteiger partial charge on any atom is 0.330 e. The van der Waals surface area contributed by atoms with E-state index < -0.39 is 17.6 Å². The zero-order valence-corrected chi connectivity index (χ0v) is 20.4. The number of benzene rings is 3. The number of esters is 1. The molecule has 0 bridgehead atoms. The van der Waals surface area contributed by atoms with Crippen LogP contribution < -0.4 is 10.1 Å². The van der Waals surface area contributed by atoms with Crippen LogP contribution >= 0.6 is 27.7 Å². The highest BCUT2D eigenvalue weighted by atomic mass is 79.9. The lowest BCUT2D eigenvalue weighted by atomic mass is 10.1. The van der Waals surface area contributed by atoms with Gasteiger partial charge in [0.15, 0.2) is 0 Å². The first-order chi connectivity index (χ1) is 15.9. The number of methoxy groups -OCH3 is 1. The number of rotatable bonds is 9.